The number of benzene rings is 1. The molecule has 6 heteroatoms. The standard InChI is InChI=1S/C19H23N3O2S/c23-25(24,15-10-17-4-2-1-3-5-17)21-16-18-8-13-22(14-9-18)19-6-11-20-12-7-19/h1-7,10-12,15,18,21H,8-9,13-14,16H2/b15-10+. The summed E-state index contributed by atoms with van der Waals surface area (Å²) in [6, 6.07) is 13.4. The van der Waals surface area contributed by atoms with Crippen LogP contribution in [-0.2, 0) is 10.0 Å². The van der Waals surface area contributed by atoms with Crippen molar-refractivity contribution in [2.24, 2.45) is 5.92 Å². The van der Waals surface area contributed by atoms with Crippen molar-refractivity contribution in [2.75, 3.05) is 24.5 Å². The van der Waals surface area contributed by atoms with Gasteiger partial charge < -0.3 is 4.90 Å². The molecule has 0 atom stereocenters. The van der Waals surface area contributed by atoms with Gasteiger partial charge in [-0.15, -0.1) is 0 Å². The van der Waals surface area contributed by atoms with Crippen LogP contribution in [0.15, 0.2) is 60.3 Å². The fourth-order valence-corrected chi connectivity index (χ4v) is 3.87. The number of sulfonamides is 1. The minimum Gasteiger partial charge on any atom is -0.371 e. The quantitative estimate of drug-likeness (QED) is 0.863. The van der Waals surface area contributed by atoms with Crippen molar-refractivity contribution in [1.82, 2.24) is 9.71 Å². The van der Waals surface area contributed by atoms with E-state index in [4.69, 9.17) is 0 Å². The lowest BCUT2D eigenvalue weighted by Gasteiger charge is -2.33. The van der Waals surface area contributed by atoms with Crippen LogP contribution in [0.1, 0.15) is 18.4 Å². The summed E-state index contributed by atoms with van der Waals surface area (Å²) in [4.78, 5) is 6.36. The van der Waals surface area contributed by atoms with Crippen LogP contribution in [-0.4, -0.2) is 33.0 Å². The first-order chi connectivity index (χ1) is 12.1. The second kappa shape index (κ2) is 8.27. The van der Waals surface area contributed by atoms with Gasteiger partial charge in [-0.2, -0.15) is 0 Å². The molecule has 1 aromatic carbocycles. The zero-order valence-corrected chi connectivity index (χ0v) is 14.9. The maximum Gasteiger partial charge on any atom is 0.233 e. The number of hydrogen-bond acceptors (Lipinski definition) is 4. The predicted octanol–water partition coefficient (Wildman–Crippen LogP) is 2.89. The molecule has 1 aliphatic rings. The van der Waals surface area contributed by atoms with Crippen LogP contribution >= 0.6 is 0 Å². The Balaban J connectivity index is 1.47. The minimum atomic E-state index is -3.40. The molecule has 0 spiro atoms. The molecule has 0 bridgehead atoms. The number of hydrogen-bond donors (Lipinski definition) is 1. The van der Waals surface area contributed by atoms with Crippen LogP contribution in [0.5, 0.6) is 0 Å². The van der Waals surface area contributed by atoms with Crippen molar-refractivity contribution in [2.45, 2.75) is 12.8 Å². The molecule has 1 aliphatic heterocycles. The summed E-state index contributed by atoms with van der Waals surface area (Å²) in [7, 11) is -3.40. The highest BCUT2D eigenvalue weighted by atomic mass is 32.2. The zero-order valence-electron chi connectivity index (χ0n) is 14.1. The van der Waals surface area contributed by atoms with Gasteiger partial charge in [0.15, 0.2) is 0 Å². The lowest BCUT2D eigenvalue weighted by Crippen LogP contribution is -2.38. The van der Waals surface area contributed by atoms with Crippen molar-refractivity contribution in [3.05, 3.63) is 65.8 Å². The maximum atomic E-state index is 12.1. The molecule has 0 aliphatic carbocycles. The molecule has 5 nitrogen and oxygen atoms in total. The third-order valence-electron chi connectivity index (χ3n) is 4.45. The first-order valence-electron chi connectivity index (χ1n) is 8.50. The predicted molar refractivity (Wildman–Crippen MR) is 102 cm³/mol. The third-order valence-corrected chi connectivity index (χ3v) is 5.52. The van der Waals surface area contributed by atoms with Crippen LogP contribution in [0, 0.1) is 5.92 Å². The van der Waals surface area contributed by atoms with Crippen molar-refractivity contribution in [3.63, 3.8) is 0 Å². The highest BCUT2D eigenvalue weighted by molar-refractivity contribution is 7.92. The Labute approximate surface area is 149 Å². The normalized spacial score (nSPS) is 16.4. The lowest BCUT2D eigenvalue weighted by molar-refractivity contribution is 0.402. The molecule has 1 saturated heterocycles. The van der Waals surface area contributed by atoms with E-state index in [0.717, 1.165) is 31.5 Å². The van der Waals surface area contributed by atoms with Gasteiger partial charge in [-0.25, -0.2) is 13.1 Å². The summed E-state index contributed by atoms with van der Waals surface area (Å²) in [6.07, 6.45) is 7.18. The number of nitrogens with one attached hydrogen (secondary N) is 1. The average Bonchev–Trinajstić information content (AvgIpc) is 2.67. The Bertz CT molecular complexity index is 784. The van der Waals surface area contributed by atoms with Gasteiger partial charge in [0.05, 0.1) is 0 Å². The Morgan fingerprint density at radius 3 is 2.44 bits per heavy atom. The van der Waals surface area contributed by atoms with Gasteiger partial charge in [0.2, 0.25) is 10.0 Å². The molecule has 1 N–H and O–H groups in total. The highest BCUT2D eigenvalue weighted by Gasteiger charge is 2.20. The highest BCUT2D eigenvalue weighted by Crippen LogP contribution is 2.22. The van der Waals surface area contributed by atoms with Gasteiger partial charge in [0.1, 0.15) is 0 Å². The summed E-state index contributed by atoms with van der Waals surface area (Å²) in [6.45, 7) is 2.37. The number of aromatic nitrogens is 1. The van der Waals surface area contributed by atoms with Gasteiger partial charge in [0, 0.05) is 43.1 Å². The first kappa shape index (κ1) is 17.6. The fraction of sp³-hybridized carbons (Fsp3) is 0.316. The summed E-state index contributed by atoms with van der Waals surface area (Å²) >= 11 is 0. The minimum absolute atomic E-state index is 0.373. The molecule has 1 fully saturated rings. The molecule has 3 rings (SSSR count). The Morgan fingerprint density at radius 1 is 1.08 bits per heavy atom. The zero-order chi connectivity index (χ0) is 17.5. The summed E-state index contributed by atoms with van der Waals surface area (Å²) in [5.41, 5.74) is 2.05. The molecule has 0 saturated carbocycles. The van der Waals surface area contributed by atoms with Crippen molar-refractivity contribution in [1.29, 1.82) is 0 Å². The van der Waals surface area contributed by atoms with E-state index in [1.54, 1.807) is 18.5 Å². The molecule has 2 aromatic rings. The van der Waals surface area contributed by atoms with Gasteiger partial charge in [-0.3, -0.25) is 4.98 Å². The molecule has 2 heterocycles. The molecule has 132 valence electrons. The number of piperidine rings is 1. The Kier molecular flexibility index (Phi) is 5.83. The molecular formula is C19H23N3O2S. The van der Waals surface area contributed by atoms with E-state index in [2.05, 4.69) is 14.6 Å². The Hall–Kier alpha value is -2.18. The Morgan fingerprint density at radius 2 is 1.76 bits per heavy atom. The summed E-state index contributed by atoms with van der Waals surface area (Å²) in [5, 5.41) is 1.24. The molecule has 0 radical (unpaired) electrons. The molecule has 0 amide bonds. The molecular weight excluding hydrogens is 334 g/mol. The van der Waals surface area contributed by atoms with Crippen LogP contribution in [0.3, 0.4) is 0 Å². The third kappa shape index (κ3) is 5.41. The van der Waals surface area contributed by atoms with Crippen molar-refractivity contribution < 1.29 is 8.42 Å². The summed E-state index contributed by atoms with van der Waals surface area (Å²) < 4.78 is 26.9. The second-order valence-electron chi connectivity index (χ2n) is 6.24. The fourth-order valence-electron chi connectivity index (χ4n) is 2.96. The van der Waals surface area contributed by atoms with E-state index in [1.165, 1.54) is 11.1 Å². The van der Waals surface area contributed by atoms with E-state index in [0.29, 0.717) is 12.5 Å². The number of nitrogens with zero attached hydrogens (tertiary/aromatic N) is 2. The van der Waals surface area contributed by atoms with Crippen LogP contribution in [0.25, 0.3) is 6.08 Å². The maximum absolute atomic E-state index is 12.1. The number of pyridine rings is 1. The van der Waals surface area contributed by atoms with Gasteiger partial charge in [-0.05, 0) is 42.5 Å². The van der Waals surface area contributed by atoms with Crippen LogP contribution in [0.4, 0.5) is 5.69 Å². The smallest absolute Gasteiger partial charge is 0.233 e. The van der Waals surface area contributed by atoms with E-state index in [9.17, 15) is 8.42 Å². The van der Waals surface area contributed by atoms with Crippen molar-refractivity contribution >= 4 is 21.8 Å². The topological polar surface area (TPSA) is 62.3 Å². The van der Waals surface area contributed by atoms with Crippen molar-refractivity contribution in [3.8, 4) is 0 Å². The SMILES string of the molecule is O=S(=O)(/C=C/c1ccccc1)NCC1CCN(c2ccncc2)CC1. The van der Waals surface area contributed by atoms with E-state index >= 15 is 0 Å². The number of rotatable bonds is 6. The molecule has 25 heavy (non-hydrogen) atoms. The van der Waals surface area contributed by atoms with Gasteiger partial charge in [0.25, 0.3) is 0 Å². The molecule has 1 aromatic heterocycles. The summed E-state index contributed by atoms with van der Waals surface area (Å²) in [5.74, 6) is 0.373. The number of anilines is 1. The monoisotopic (exact) mass is 357 g/mol. The molecule has 0 unspecified atom stereocenters. The van der Waals surface area contributed by atoms with Gasteiger partial charge in [-0.1, -0.05) is 30.3 Å². The average molecular weight is 357 g/mol. The van der Waals surface area contributed by atoms with E-state index < -0.39 is 10.0 Å². The second-order valence-corrected chi connectivity index (χ2v) is 7.89. The largest absolute Gasteiger partial charge is 0.371 e. The van der Waals surface area contributed by atoms with Crippen LogP contribution in [0.2, 0.25) is 0 Å². The van der Waals surface area contributed by atoms with Crippen LogP contribution < -0.4 is 9.62 Å². The lowest BCUT2D eigenvalue weighted by atomic mass is 9.97. The van der Waals surface area contributed by atoms with E-state index in [1.807, 2.05) is 42.5 Å². The van der Waals surface area contributed by atoms with Gasteiger partial charge >= 0.3 is 0 Å². The first-order valence-corrected chi connectivity index (χ1v) is 10.0. The van der Waals surface area contributed by atoms with E-state index in [-0.39, 0.29) is 0 Å².